The van der Waals surface area contributed by atoms with Crippen LogP contribution in [-0.4, -0.2) is 180 Å². The molecule has 0 aliphatic carbocycles. The van der Waals surface area contributed by atoms with E-state index in [1.54, 1.807) is 12.1 Å². The van der Waals surface area contributed by atoms with E-state index in [0.717, 1.165) is 57.5 Å². The summed E-state index contributed by atoms with van der Waals surface area (Å²) in [6.07, 6.45) is 4.60. The average Bonchev–Trinajstić information content (AvgIpc) is 3.36. The molecule has 70 heavy (non-hydrogen) atoms. The van der Waals surface area contributed by atoms with Gasteiger partial charge in [0.2, 0.25) is 0 Å². The van der Waals surface area contributed by atoms with Gasteiger partial charge in [-0.1, -0.05) is 194 Å². The van der Waals surface area contributed by atoms with E-state index in [1.165, 1.54) is 58.2 Å². The van der Waals surface area contributed by atoms with E-state index < -0.39 is 0 Å². The van der Waals surface area contributed by atoms with Crippen molar-refractivity contribution in [1.82, 2.24) is 29.4 Å². The quantitative estimate of drug-likeness (QED) is 0.0295. The number of rotatable bonds is 19. The van der Waals surface area contributed by atoms with Crippen molar-refractivity contribution < 1.29 is 19.2 Å². The Bertz CT molecular complexity index is 1930. The highest BCUT2D eigenvalue weighted by atomic mass is 127. The SMILES string of the molecule is CC.CC.CCN(C)C.CI.CN(C)CCCSSCCCN(C)C.CN(C)CCCSSCCCN1C(=O)c2cccc3cccc(c23)C1=O.CN1C(=O)c2cccc3cccc(c23)C1=O.ICI. The minimum atomic E-state index is -0.228. The van der Waals surface area contributed by atoms with Crippen LogP contribution in [0.15, 0.2) is 72.8 Å². The maximum Gasteiger partial charge on any atom is 0.261 e. The third-order valence-corrected chi connectivity index (χ3v) is 14.9. The molecule has 0 fully saturated rings. The van der Waals surface area contributed by atoms with Crippen LogP contribution >= 0.6 is 111 Å². The molecule has 10 nitrogen and oxygen atoms in total. The van der Waals surface area contributed by atoms with Crippen LogP contribution in [0.25, 0.3) is 21.5 Å². The minimum Gasteiger partial charge on any atom is -0.310 e. The van der Waals surface area contributed by atoms with Gasteiger partial charge >= 0.3 is 0 Å². The molecule has 396 valence electrons. The molecule has 0 unspecified atom stereocenters. The number of carbonyl (C=O) groups excluding carboxylic acids is 4. The van der Waals surface area contributed by atoms with Crippen molar-refractivity contribution in [2.24, 2.45) is 0 Å². The van der Waals surface area contributed by atoms with Crippen molar-refractivity contribution in [1.29, 1.82) is 0 Å². The Balaban J connectivity index is 0. The molecule has 0 bridgehead atoms. The highest BCUT2D eigenvalue weighted by molar-refractivity contribution is 14.2. The minimum absolute atomic E-state index is 0.164. The number of alkyl halides is 3. The van der Waals surface area contributed by atoms with E-state index in [0.29, 0.717) is 28.8 Å². The fraction of sp³-hybridized carbons (Fsp3) is 0.547. The molecule has 17 heteroatoms. The number of amides is 4. The van der Waals surface area contributed by atoms with Crippen LogP contribution in [0.2, 0.25) is 0 Å². The molecule has 2 aliphatic rings. The molecule has 4 amide bonds. The Morgan fingerprint density at radius 1 is 0.457 bits per heavy atom. The van der Waals surface area contributed by atoms with Crippen LogP contribution in [-0.2, 0) is 0 Å². The van der Waals surface area contributed by atoms with Crippen LogP contribution < -0.4 is 0 Å². The van der Waals surface area contributed by atoms with Gasteiger partial charge in [0.1, 0.15) is 0 Å². The fourth-order valence-corrected chi connectivity index (χ4v) is 10.6. The monoisotopic (exact) mass is 1380 g/mol. The second-order valence-corrected chi connectivity index (χ2v) is 25.8. The van der Waals surface area contributed by atoms with Gasteiger partial charge in [0, 0.05) is 69.6 Å². The summed E-state index contributed by atoms with van der Waals surface area (Å²) in [5, 5.41) is 3.46. The lowest BCUT2D eigenvalue weighted by Gasteiger charge is -2.27. The molecule has 2 aliphatic heterocycles. The van der Waals surface area contributed by atoms with E-state index in [1.807, 2.05) is 136 Å². The summed E-state index contributed by atoms with van der Waals surface area (Å²) in [6, 6.07) is 22.3. The molecule has 0 saturated carbocycles. The smallest absolute Gasteiger partial charge is 0.261 e. The molecule has 0 aromatic heterocycles. The maximum atomic E-state index is 12.8. The normalized spacial score (nSPS) is 12.0. The summed E-state index contributed by atoms with van der Waals surface area (Å²) in [4.78, 5) is 62.7. The Labute approximate surface area is 481 Å². The second-order valence-electron chi connectivity index (χ2n) is 16.0. The fourth-order valence-electron chi connectivity index (χ4n) is 6.27. The molecular formula is C53H85I3N6O4S4. The van der Waals surface area contributed by atoms with Crippen LogP contribution in [0.1, 0.15) is 102 Å². The Morgan fingerprint density at radius 2 is 0.714 bits per heavy atom. The van der Waals surface area contributed by atoms with Gasteiger partial charge in [-0.05, 0) is 148 Å². The predicted molar refractivity (Wildman–Crippen MR) is 343 cm³/mol. The zero-order valence-electron chi connectivity index (χ0n) is 44.9. The average molecular weight is 1380 g/mol. The van der Waals surface area contributed by atoms with E-state index in [2.05, 4.69) is 151 Å². The Hall–Kier alpha value is -0.890. The second kappa shape index (κ2) is 44.4. The molecule has 2 heterocycles. The van der Waals surface area contributed by atoms with Crippen molar-refractivity contribution in [2.45, 2.75) is 60.3 Å². The first-order valence-electron chi connectivity index (χ1n) is 23.9. The first-order chi connectivity index (χ1) is 33.6. The topological polar surface area (TPSA) is 87.7 Å². The molecule has 0 radical (unpaired) electrons. The van der Waals surface area contributed by atoms with Crippen molar-refractivity contribution in [3.63, 3.8) is 0 Å². The molecule has 4 aromatic carbocycles. The molecular weight excluding hydrogens is 1290 g/mol. The maximum absolute atomic E-state index is 12.8. The van der Waals surface area contributed by atoms with Crippen LogP contribution in [0.4, 0.5) is 0 Å². The van der Waals surface area contributed by atoms with Crippen molar-refractivity contribution in [3.8, 4) is 0 Å². The number of benzene rings is 4. The standard InChI is InChI=1S/C20H24N2O2S2.C13H9NO2.C10H24N2S2.C4H11N.2C2H6.CH2I2.CH3I/c1-21(2)11-5-13-25-26-14-6-12-22-19(23)16-9-3-7-15-8-4-10-17(18(15)16)20(22)24;1-14-12(15)9-6-2-4-8-5-3-7-10(11(8)9)13(14)16;1-11(2)7-5-9-13-14-10-6-8-12(3)4;1-4-5(2)3;2*1-2;2-1-3;1-2/h3-4,7-10H,5-6,11-14H2,1-2H3;2-7H,1H3;5-10H2,1-4H3;4H2,1-3H3;2*1-2H3;1H2;1H3. The van der Waals surface area contributed by atoms with Crippen LogP contribution in [0.3, 0.4) is 0 Å². The number of carbonyl (C=O) groups is 4. The number of hydrogen-bond donors (Lipinski definition) is 0. The van der Waals surface area contributed by atoms with E-state index >= 15 is 0 Å². The third-order valence-electron chi connectivity index (χ3n) is 9.74. The number of imide groups is 2. The van der Waals surface area contributed by atoms with Crippen molar-refractivity contribution >= 4 is 156 Å². The molecule has 6 rings (SSSR count). The van der Waals surface area contributed by atoms with E-state index in [4.69, 9.17) is 0 Å². The molecule has 4 aromatic rings. The van der Waals surface area contributed by atoms with Gasteiger partial charge in [-0.3, -0.25) is 29.0 Å². The summed E-state index contributed by atoms with van der Waals surface area (Å²) < 4.78 is 1.19. The Kier molecular flexibility index (Phi) is 45.2. The molecule has 0 atom stereocenters. The van der Waals surface area contributed by atoms with Gasteiger partial charge in [-0.15, -0.1) is 0 Å². The van der Waals surface area contributed by atoms with Gasteiger partial charge < -0.3 is 19.6 Å². The van der Waals surface area contributed by atoms with E-state index in [9.17, 15) is 19.2 Å². The van der Waals surface area contributed by atoms with Crippen molar-refractivity contribution in [3.05, 3.63) is 95.1 Å². The molecule has 0 N–H and O–H groups in total. The van der Waals surface area contributed by atoms with E-state index in [-0.39, 0.29) is 23.6 Å². The summed E-state index contributed by atoms with van der Waals surface area (Å²) in [5.41, 5.74) is 2.50. The van der Waals surface area contributed by atoms with Gasteiger partial charge in [-0.2, -0.15) is 0 Å². The molecule has 0 spiro atoms. The largest absolute Gasteiger partial charge is 0.310 e. The van der Waals surface area contributed by atoms with Gasteiger partial charge in [0.15, 0.2) is 0 Å². The van der Waals surface area contributed by atoms with Gasteiger partial charge in [0.05, 0.1) is 2.43 Å². The number of nitrogens with zero attached hydrogens (tertiary/aromatic N) is 6. The van der Waals surface area contributed by atoms with Crippen molar-refractivity contribution in [2.75, 3.05) is 127 Å². The first-order valence-corrected chi connectivity index (χ1v) is 34.1. The zero-order valence-corrected chi connectivity index (χ0v) is 54.6. The predicted octanol–water partition coefficient (Wildman–Crippen LogP) is 14.0. The highest BCUT2D eigenvalue weighted by Gasteiger charge is 2.32. The lowest BCUT2D eigenvalue weighted by molar-refractivity contribution is 0.0606. The lowest BCUT2D eigenvalue weighted by Crippen LogP contribution is -2.41. The van der Waals surface area contributed by atoms with Crippen LogP contribution in [0, 0.1) is 0 Å². The summed E-state index contributed by atoms with van der Waals surface area (Å²) in [5.74, 6) is 3.85. The molecule has 0 saturated heterocycles. The van der Waals surface area contributed by atoms with Crippen LogP contribution in [0.5, 0.6) is 0 Å². The number of halogens is 3. The van der Waals surface area contributed by atoms with Gasteiger partial charge in [-0.25, -0.2) is 0 Å². The third kappa shape index (κ3) is 27.6. The highest BCUT2D eigenvalue weighted by Crippen LogP contribution is 2.31. The van der Waals surface area contributed by atoms with Gasteiger partial charge in [0.25, 0.3) is 23.6 Å². The summed E-state index contributed by atoms with van der Waals surface area (Å²) in [6.45, 7) is 15.3. The summed E-state index contributed by atoms with van der Waals surface area (Å²) >= 11 is 6.70. The lowest BCUT2D eigenvalue weighted by atomic mass is 9.94. The zero-order chi connectivity index (χ0) is 53.6. The number of hydrogen-bond acceptors (Lipinski definition) is 12. The summed E-state index contributed by atoms with van der Waals surface area (Å²) in [7, 11) is 26.1. The first kappa shape index (κ1) is 71.2. The Morgan fingerprint density at radius 3 is 0.971 bits per heavy atom.